The maximum absolute atomic E-state index is 9.55. The van der Waals surface area contributed by atoms with E-state index in [9.17, 15) is 9.59 Å². The van der Waals surface area contributed by atoms with Crippen molar-refractivity contribution in [1.29, 1.82) is 0 Å². The predicted octanol–water partition coefficient (Wildman–Crippen LogP) is 5.34. The zero-order valence-electron chi connectivity index (χ0n) is 17.4. The third kappa shape index (κ3) is 5.33. The van der Waals surface area contributed by atoms with Crippen molar-refractivity contribution in [2.24, 2.45) is 0 Å². The standard InChI is InChI=1S/C20H18BrN3.C4H4O4/c1-2-13-23(16-9-11-22-12-10-16)24-19-6-4-3-5-17(19)18-14-15(21)7-8-20(18)24;5-3(6)1-2-4(7)8/h3-12,14H,2,13H2,1H3;1-2H,(H,5,6)(H,7,8)/b;2-1-. The normalized spacial score (nSPS) is 10.8. The number of hydrogen-bond acceptors (Lipinski definition) is 4. The Morgan fingerprint density at radius 1 is 0.969 bits per heavy atom. The molecule has 0 amide bonds. The van der Waals surface area contributed by atoms with Gasteiger partial charge in [0.05, 0.1) is 16.7 Å². The van der Waals surface area contributed by atoms with E-state index in [1.165, 1.54) is 21.8 Å². The number of aliphatic carboxylic acids is 2. The van der Waals surface area contributed by atoms with Crippen molar-refractivity contribution in [1.82, 2.24) is 9.66 Å². The van der Waals surface area contributed by atoms with Gasteiger partial charge in [0.25, 0.3) is 0 Å². The Bertz CT molecular complexity index is 1250. The minimum Gasteiger partial charge on any atom is -0.478 e. The Morgan fingerprint density at radius 3 is 2.22 bits per heavy atom. The van der Waals surface area contributed by atoms with Crippen molar-refractivity contribution < 1.29 is 19.8 Å². The van der Waals surface area contributed by atoms with Gasteiger partial charge in [-0.25, -0.2) is 9.59 Å². The molecule has 0 aliphatic heterocycles. The number of benzene rings is 2. The van der Waals surface area contributed by atoms with Crippen LogP contribution in [0.2, 0.25) is 0 Å². The van der Waals surface area contributed by atoms with Crippen molar-refractivity contribution in [3.8, 4) is 0 Å². The molecule has 4 rings (SSSR count). The molecule has 0 spiro atoms. The molecule has 0 saturated heterocycles. The van der Waals surface area contributed by atoms with E-state index in [0.717, 1.165) is 23.1 Å². The van der Waals surface area contributed by atoms with Gasteiger partial charge in [0.2, 0.25) is 0 Å². The summed E-state index contributed by atoms with van der Waals surface area (Å²) in [5, 5.41) is 20.5. The summed E-state index contributed by atoms with van der Waals surface area (Å²) in [6.45, 7) is 3.15. The number of fused-ring (bicyclic) bond motifs is 3. The average Bonchev–Trinajstić information content (AvgIpc) is 3.10. The van der Waals surface area contributed by atoms with Crippen LogP contribution in [-0.4, -0.2) is 38.4 Å². The van der Waals surface area contributed by atoms with Gasteiger partial charge < -0.3 is 10.2 Å². The first-order valence-electron chi connectivity index (χ1n) is 9.93. The molecular formula is C24H22BrN3O4. The smallest absolute Gasteiger partial charge is 0.328 e. The van der Waals surface area contributed by atoms with Crippen molar-refractivity contribution in [2.45, 2.75) is 13.3 Å². The lowest BCUT2D eigenvalue weighted by atomic mass is 10.2. The first-order valence-corrected chi connectivity index (χ1v) is 10.7. The SMILES string of the molecule is CCCN(c1ccncc1)n1c2ccccc2c2cc(Br)ccc21.O=C(O)/C=C\C(=O)O. The molecule has 2 N–H and O–H groups in total. The summed E-state index contributed by atoms with van der Waals surface area (Å²) in [6, 6.07) is 19.2. The highest BCUT2D eigenvalue weighted by Gasteiger charge is 2.16. The minimum absolute atomic E-state index is 0.558. The van der Waals surface area contributed by atoms with Crippen molar-refractivity contribution in [3.63, 3.8) is 0 Å². The molecule has 2 aromatic heterocycles. The fourth-order valence-electron chi connectivity index (χ4n) is 3.40. The average molecular weight is 496 g/mol. The van der Waals surface area contributed by atoms with Gasteiger partial charge >= 0.3 is 11.9 Å². The first-order chi connectivity index (χ1) is 15.4. The predicted molar refractivity (Wildman–Crippen MR) is 129 cm³/mol. The number of carboxylic acid groups (broad SMARTS) is 2. The number of hydrogen-bond donors (Lipinski definition) is 2. The molecule has 0 aliphatic rings. The lowest BCUT2D eigenvalue weighted by Gasteiger charge is -2.27. The molecule has 0 bridgehead atoms. The number of aromatic nitrogens is 2. The van der Waals surface area contributed by atoms with Crippen LogP contribution < -0.4 is 5.01 Å². The maximum atomic E-state index is 9.55. The van der Waals surface area contributed by atoms with E-state index in [4.69, 9.17) is 10.2 Å². The molecule has 0 unspecified atom stereocenters. The van der Waals surface area contributed by atoms with Gasteiger partial charge in [-0.1, -0.05) is 41.1 Å². The van der Waals surface area contributed by atoms with Gasteiger partial charge in [-0.15, -0.1) is 0 Å². The van der Waals surface area contributed by atoms with E-state index in [1.54, 1.807) is 0 Å². The van der Waals surface area contributed by atoms with Crippen LogP contribution >= 0.6 is 15.9 Å². The Hall–Kier alpha value is -3.65. The molecule has 2 aromatic carbocycles. The van der Waals surface area contributed by atoms with Crippen LogP contribution in [0, 0.1) is 0 Å². The molecule has 7 nitrogen and oxygen atoms in total. The van der Waals surface area contributed by atoms with E-state index in [-0.39, 0.29) is 0 Å². The quantitative estimate of drug-likeness (QED) is 0.350. The summed E-state index contributed by atoms with van der Waals surface area (Å²) in [6.07, 6.45) is 5.88. The number of anilines is 1. The van der Waals surface area contributed by atoms with Crippen LogP contribution in [-0.2, 0) is 9.59 Å². The van der Waals surface area contributed by atoms with Crippen LogP contribution in [0.5, 0.6) is 0 Å². The number of nitrogens with zero attached hydrogens (tertiary/aromatic N) is 3. The third-order valence-electron chi connectivity index (χ3n) is 4.62. The number of carboxylic acids is 2. The number of rotatable bonds is 6. The summed E-state index contributed by atoms with van der Waals surface area (Å²) < 4.78 is 3.43. The Morgan fingerprint density at radius 2 is 1.59 bits per heavy atom. The topological polar surface area (TPSA) is 95.7 Å². The van der Waals surface area contributed by atoms with E-state index < -0.39 is 11.9 Å². The highest BCUT2D eigenvalue weighted by atomic mass is 79.9. The van der Waals surface area contributed by atoms with Crippen molar-refractivity contribution in [3.05, 3.63) is 83.6 Å². The minimum atomic E-state index is -1.26. The Kier molecular flexibility index (Phi) is 7.62. The highest BCUT2D eigenvalue weighted by molar-refractivity contribution is 9.10. The molecule has 164 valence electrons. The second-order valence-corrected chi connectivity index (χ2v) is 7.74. The van der Waals surface area contributed by atoms with Crippen LogP contribution in [0.3, 0.4) is 0 Å². The van der Waals surface area contributed by atoms with Gasteiger partial charge in [0.1, 0.15) is 0 Å². The molecule has 8 heteroatoms. The first kappa shape index (κ1) is 23.0. The number of para-hydroxylation sites is 1. The van der Waals surface area contributed by atoms with Crippen LogP contribution in [0.1, 0.15) is 13.3 Å². The van der Waals surface area contributed by atoms with Gasteiger partial charge in [-0.2, -0.15) is 0 Å². The summed E-state index contributed by atoms with van der Waals surface area (Å²) >= 11 is 3.61. The zero-order valence-corrected chi connectivity index (χ0v) is 18.9. The van der Waals surface area contributed by atoms with Gasteiger partial charge in [-0.05, 0) is 42.8 Å². The molecule has 0 atom stereocenters. The van der Waals surface area contributed by atoms with Gasteiger partial charge in [0, 0.05) is 46.3 Å². The summed E-state index contributed by atoms with van der Waals surface area (Å²) in [5.41, 5.74) is 3.58. The molecule has 32 heavy (non-hydrogen) atoms. The van der Waals surface area contributed by atoms with Crippen molar-refractivity contribution in [2.75, 3.05) is 11.6 Å². The lowest BCUT2D eigenvalue weighted by Crippen LogP contribution is -2.30. The van der Waals surface area contributed by atoms with Crippen LogP contribution in [0.4, 0.5) is 5.69 Å². The second kappa shape index (κ2) is 10.6. The summed E-state index contributed by atoms with van der Waals surface area (Å²) in [7, 11) is 0. The van der Waals surface area contributed by atoms with E-state index in [2.05, 4.69) is 92.1 Å². The highest BCUT2D eigenvalue weighted by Crippen LogP contribution is 2.33. The van der Waals surface area contributed by atoms with E-state index >= 15 is 0 Å². The lowest BCUT2D eigenvalue weighted by molar-refractivity contribution is -0.134. The molecule has 4 aromatic rings. The Balaban J connectivity index is 0.000000312. The van der Waals surface area contributed by atoms with E-state index in [1.807, 2.05) is 12.4 Å². The zero-order chi connectivity index (χ0) is 23.1. The second-order valence-electron chi connectivity index (χ2n) is 6.83. The van der Waals surface area contributed by atoms with Gasteiger partial charge in [-0.3, -0.25) is 14.7 Å². The monoisotopic (exact) mass is 495 g/mol. The maximum Gasteiger partial charge on any atom is 0.328 e. The van der Waals surface area contributed by atoms with E-state index in [0.29, 0.717) is 12.2 Å². The molecule has 0 aliphatic carbocycles. The molecule has 0 fully saturated rings. The number of halogens is 1. The molecular weight excluding hydrogens is 474 g/mol. The molecule has 0 radical (unpaired) electrons. The van der Waals surface area contributed by atoms with Gasteiger partial charge in [0.15, 0.2) is 0 Å². The molecule has 0 saturated carbocycles. The molecule has 2 heterocycles. The van der Waals surface area contributed by atoms with Crippen molar-refractivity contribution >= 4 is 55.4 Å². The summed E-state index contributed by atoms with van der Waals surface area (Å²) in [4.78, 5) is 23.3. The Labute approximate surface area is 193 Å². The fraction of sp³-hybridized carbons (Fsp3) is 0.125. The number of pyridine rings is 1. The van der Waals surface area contributed by atoms with Crippen LogP contribution in [0.15, 0.2) is 83.6 Å². The third-order valence-corrected chi connectivity index (χ3v) is 5.11. The number of carbonyl (C=O) groups is 2. The van der Waals surface area contributed by atoms with Crippen LogP contribution in [0.25, 0.3) is 21.8 Å². The largest absolute Gasteiger partial charge is 0.478 e. The fourth-order valence-corrected chi connectivity index (χ4v) is 3.76. The summed E-state index contributed by atoms with van der Waals surface area (Å²) in [5.74, 6) is -2.51.